The molecule has 0 N–H and O–H groups in total. The molecule has 0 bridgehead atoms. The molecule has 1 aromatic carbocycles. The molecule has 0 spiro atoms. The Labute approximate surface area is 192 Å². The number of hydrogen-bond acceptors (Lipinski definition) is 6. The van der Waals surface area contributed by atoms with Crippen LogP contribution in [0.5, 0.6) is 11.5 Å². The number of benzene rings is 1. The minimum Gasteiger partial charge on any atom is -0.497 e. The number of methoxy groups -OCH3 is 2. The van der Waals surface area contributed by atoms with Gasteiger partial charge in [0.2, 0.25) is 0 Å². The highest BCUT2D eigenvalue weighted by molar-refractivity contribution is 5.67. The van der Waals surface area contributed by atoms with Crippen molar-refractivity contribution in [2.75, 3.05) is 14.2 Å². The molecule has 8 nitrogen and oxygen atoms in total. The zero-order chi connectivity index (χ0) is 22.8. The van der Waals surface area contributed by atoms with E-state index >= 15 is 0 Å². The molecule has 4 aromatic rings. The fraction of sp³-hybridized carbons (Fsp3) is 0.280. The zero-order valence-electron chi connectivity index (χ0n) is 19.0. The molecule has 0 saturated carbocycles. The zero-order valence-corrected chi connectivity index (χ0v) is 19.0. The highest BCUT2D eigenvalue weighted by atomic mass is 16.5. The number of hydrogen-bond donors (Lipinski definition) is 0. The Morgan fingerprint density at radius 2 is 1.91 bits per heavy atom. The van der Waals surface area contributed by atoms with Crippen molar-refractivity contribution in [2.45, 2.75) is 32.2 Å². The number of nitrogens with zero attached hydrogens (tertiary/aromatic N) is 6. The number of rotatable bonds is 6. The van der Waals surface area contributed by atoms with E-state index in [1.54, 1.807) is 26.7 Å². The van der Waals surface area contributed by atoms with Gasteiger partial charge >= 0.3 is 0 Å². The Kier molecular flexibility index (Phi) is 5.64. The van der Waals surface area contributed by atoms with E-state index in [1.165, 1.54) is 5.56 Å². The van der Waals surface area contributed by atoms with Gasteiger partial charge in [-0.05, 0) is 61.2 Å². The van der Waals surface area contributed by atoms with Gasteiger partial charge in [0.05, 0.1) is 19.9 Å². The molecule has 4 heterocycles. The van der Waals surface area contributed by atoms with Gasteiger partial charge in [0.15, 0.2) is 17.4 Å². The summed E-state index contributed by atoms with van der Waals surface area (Å²) in [7, 11) is 3.32. The molecular weight excluding hydrogens is 416 g/mol. The highest BCUT2D eigenvalue weighted by Crippen LogP contribution is 2.33. The standard InChI is InChI=1S/C25H26N6O2/c1-17-15-30(16-27-17)25-22(33-3)13-18(14-26-25)6-11-23-28-24-21(5-4-12-31(24)29-23)19-7-9-20(32-2)10-8-19/h6-11,13-16,21H,4-5,12H2,1-3H3/b11-6+. The Bertz CT molecular complexity index is 1290. The van der Waals surface area contributed by atoms with Crippen LogP contribution in [-0.4, -0.2) is 43.5 Å². The van der Waals surface area contributed by atoms with Gasteiger partial charge in [-0.2, -0.15) is 5.10 Å². The molecular formula is C25H26N6O2. The number of aromatic nitrogens is 6. The van der Waals surface area contributed by atoms with Gasteiger partial charge in [0.1, 0.15) is 17.9 Å². The van der Waals surface area contributed by atoms with Gasteiger partial charge < -0.3 is 9.47 Å². The molecule has 0 radical (unpaired) electrons. The van der Waals surface area contributed by atoms with Crippen LogP contribution in [0.25, 0.3) is 18.0 Å². The first-order chi connectivity index (χ1) is 16.1. The Balaban J connectivity index is 1.39. The van der Waals surface area contributed by atoms with Crippen molar-refractivity contribution in [3.05, 3.63) is 77.5 Å². The summed E-state index contributed by atoms with van der Waals surface area (Å²) in [6, 6.07) is 10.2. The van der Waals surface area contributed by atoms with Crippen molar-refractivity contribution >= 4 is 12.2 Å². The van der Waals surface area contributed by atoms with Gasteiger partial charge in [-0.3, -0.25) is 4.57 Å². The fourth-order valence-corrected chi connectivity index (χ4v) is 4.19. The molecule has 33 heavy (non-hydrogen) atoms. The summed E-state index contributed by atoms with van der Waals surface area (Å²) < 4.78 is 14.7. The lowest BCUT2D eigenvalue weighted by atomic mass is 9.91. The Morgan fingerprint density at radius 1 is 1.06 bits per heavy atom. The number of ether oxygens (including phenoxy) is 2. The molecule has 1 aliphatic rings. The second-order valence-electron chi connectivity index (χ2n) is 8.07. The van der Waals surface area contributed by atoms with Crippen LogP contribution in [0.4, 0.5) is 0 Å². The largest absolute Gasteiger partial charge is 0.497 e. The first kappa shape index (κ1) is 20.9. The van der Waals surface area contributed by atoms with E-state index < -0.39 is 0 Å². The second kappa shape index (κ2) is 8.90. The average molecular weight is 443 g/mol. The Hall–Kier alpha value is -3.94. The van der Waals surface area contributed by atoms with Crippen LogP contribution in [-0.2, 0) is 6.54 Å². The van der Waals surface area contributed by atoms with E-state index in [9.17, 15) is 0 Å². The summed E-state index contributed by atoms with van der Waals surface area (Å²) in [4.78, 5) is 13.7. The lowest BCUT2D eigenvalue weighted by molar-refractivity contribution is 0.410. The summed E-state index contributed by atoms with van der Waals surface area (Å²) in [5.41, 5.74) is 3.07. The monoisotopic (exact) mass is 442 g/mol. The van der Waals surface area contributed by atoms with E-state index in [2.05, 4.69) is 22.1 Å². The molecule has 8 heteroatoms. The van der Waals surface area contributed by atoms with E-state index in [0.717, 1.165) is 42.2 Å². The molecule has 1 aliphatic heterocycles. The van der Waals surface area contributed by atoms with Crippen molar-refractivity contribution in [2.24, 2.45) is 0 Å². The minimum absolute atomic E-state index is 0.235. The first-order valence-electron chi connectivity index (χ1n) is 11.0. The SMILES string of the molecule is COc1ccc(C2CCCn3nc(/C=C/c4cnc(-n5cnc(C)c5)c(OC)c4)nc32)cc1. The van der Waals surface area contributed by atoms with Crippen LogP contribution in [0.3, 0.4) is 0 Å². The minimum atomic E-state index is 0.235. The van der Waals surface area contributed by atoms with E-state index in [4.69, 9.17) is 19.6 Å². The third-order valence-corrected chi connectivity index (χ3v) is 5.86. The van der Waals surface area contributed by atoms with Gasteiger partial charge in [-0.1, -0.05) is 12.1 Å². The maximum Gasteiger partial charge on any atom is 0.180 e. The van der Waals surface area contributed by atoms with Gasteiger partial charge in [0.25, 0.3) is 0 Å². The lowest BCUT2D eigenvalue weighted by Gasteiger charge is -2.22. The van der Waals surface area contributed by atoms with Crippen LogP contribution in [0.15, 0.2) is 49.1 Å². The molecule has 0 fully saturated rings. The smallest absolute Gasteiger partial charge is 0.180 e. The van der Waals surface area contributed by atoms with E-state index in [-0.39, 0.29) is 5.92 Å². The second-order valence-corrected chi connectivity index (χ2v) is 8.07. The summed E-state index contributed by atoms with van der Waals surface area (Å²) in [5.74, 6) is 4.17. The molecule has 5 rings (SSSR count). The van der Waals surface area contributed by atoms with Crippen molar-refractivity contribution in [1.29, 1.82) is 0 Å². The summed E-state index contributed by atoms with van der Waals surface area (Å²) >= 11 is 0. The average Bonchev–Trinajstić information content (AvgIpc) is 3.48. The number of pyridine rings is 1. The summed E-state index contributed by atoms with van der Waals surface area (Å²) in [6.07, 6.45) is 11.5. The normalized spacial score (nSPS) is 15.5. The van der Waals surface area contributed by atoms with Gasteiger partial charge in [0, 0.05) is 24.9 Å². The summed E-state index contributed by atoms with van der Waals surface area (Å²) in [5, 5.41) is 4.72. The lowest BCUT2D eigenvalue weighted by Crippen LogP contribution is -2.17. The van der Waals surface area contributed by atoms with Crippen LogP contribution >= 0.6 is 0 Å². The van der Waals surface area contributed by atoms with Crippen LogP contribution in [0.1, 0.15) is 47.2 Å². The molecule has 1 atom stereocenters. The van der Waals surface area contributed by atoms with Crippen molar-refractivity contribution in [3.63, 3.8) is 0 Å². The van der Waals surface area contributed by atoms with Crippen molar-refractivity contribution in [3.8, 4) is 17.3 Å². The van der Waals surface area contributed by atoms with Crippen LogP contribution in [0, 0.1) is 6.92 Å². The Morgan fingerprint density at radius 3 is 2.64 bits per heavy atom. The number of aryl methyl sites for hydroxylation is 2. The predicted octanol–water partition coefficient (Wildman–Crippen LogP) is 4.28. The molecule has 168 valence electrons. The van der Waals surface area contributed by atoms with Crippen LogP contribution < -0.4 is 9.47 Å². The maximum atomic E-state index is 5.56. The molecule has 1 unspecified atom stereocenters. The van der Waals surface area contributed by atoms with Crippen molar-refractivity contribution < 1.29 is 9.47 Å². The fourth-order valence-electron chi connectivity index (χ4n) is 4.19. The van der Waals surface area contributed by atoms with E-state index in [0.29, 0.717) is 17.4 Å². The van der Waals surface area contributed by atoms with Gasteiger partial charge in [-0.15, -0.1) is 0 Å². The van der Waals surface area contributed by atoms with Crippen LogP contribution in [0.2, 0.25) is 0 Å². The summed E-state index contributed by atoms with van der Waals surface area (Å²) in [6.45, 7) is 2.83. The number of fused-ring (bicyclic) bond motifs is 1. The first-order valence-corrected chi connectivity index (χ1v) is 11.0. The highest BCUT2D eigenvalue weighted by Gasteiger charge is 2.25. The van der Waals surface area contributed by atoms with E-state index in [1.807, 2.05) is 52.7 Å². The van der Waals surface area contributed by atoms with Crippen molar-refractivity contribution in [1.82, 2.24) is 29.3 Å². The number of imidazole rings is 1. The predicted molar refractivity (Wildman–Crippen MR) is 126 cm³/mol. The van der Waals surface area contributed by atoms with Gasteiger partial charge in [-0.25, -0.2) is 19.6 Å². The molecule has 3 aromatic heterocycles. The maximum absolute atomic E-state index is 5.56. The molecule has 0 amide bonds. The molecule has 0 aliphatic carbocycles. The third kappa shape index (κ3) is 4.24. The quantitative estimate of drug-likeness (QED) is 0.443. The topological polar surface area (TPSA) is 79.9 Å². The molecule has 0 saturated heterocycles. The third-order valence-electron chi connectivity index (χ3n) is 5.86.